The number of hydrogen-bond donors (Lipinski definition) is 1. The van der Waals surface area contributed by atoms with Crippen LogP contribution in [0.2, 0.25) is 0 Å². The number of pyridine rings is 1. The summed E-state index contributed by atoms with van der Waals surface area (Å²) in [7, 11) is 3.72. The minimum atomic E-state index is -0.0881. The van der Waals surface area contributed by atoms with Gasteiger partial charge in [-0.2, -0.15) is 0 Å². The highest BCUT2D eigenvalue weighted by molar-refractivity contribution is 6.00. The van der Waals surface area contributed by atoms with E-state index in [4.69, 9.17) is 0 Å². The lowest BCUT2D eigenvalue weighted by molar-refractivity contribution is 0.0958. The van der Waals surface area contributed by atoms with Crippen LogP contribution < -0.4 is 5.56 Å². The Kier molecular flexibility index (Phi) is 3.30. The van der Waals surface area contributed by atoms with Crippen LogP contribution in [0.4, 0.5) is 0 Å². The molecule has 1 aromatic heterocycles. The number of benzene rings is 1. The number of hydrogen-bond acceptors (Lipinski definition) is 3. The Morgan fingerprint density at radius 3 is 2.67 bits per heavy atom. The molecule has 0 radical (unpaired) electrons. The minimum absolute atomic E-state index is 0.0748. The molecule has 2 rings (SSSR count). The number of ketones is 1. The standard InChI is InChI=1S/C14H16N2O2/c1-9-6-11-7-10(13(17)8-16(2)3)4-5-12(11)15-14(9)18/h4-7H,8H2,1-3H3,(H,15,18). The summed E-state index contributed by atoms with van der Waals surface area (Å²) >= 11 is 0. The molecule has 0 saturated carbocycles. The van der Waals surface area contributed by atoms with Gasteiger partial charge >= 0.3 is 0 Å². The van der Waals surface area contributed by atoms with Gasteiger partial charge in [0, 0.05) is 16.6 Å². The number of carbonyl (C=O) groups is 1. The molecule has 0 unspecified atom stereocenters. The Hall–Kier alpha value is -1.94. The fraction of sp³-hybridized carbons (Fsp3) is 0.286. The van der Waals surface area contributed by atoms with E-state index in [2.05, 4.69) is 4.98 Å². The molecule has 0 aliphatic heterocycles. The largest absolute Gasteiger partial charge is 0.322 e. The van der Waals surface area contributed by atoms with E-state index in [0.29, 0.717) is 17.7 Å². The van der Waals surface area contributed by atoms with Crippen molar-refractivity contribution in [2.24, 2.45) is 0 Å². The molecule has 0 aliphatic rings. The average Bonchev–Trinajstić information content (AvgIpc) is 2.29. The number of Topliss-reactive ketones (excluding diaryl/α,β-unsaturated/α-hetero) is 1. The molecule has 0 saturated heterocycles. The first-order valence-corrected chi connectivity index (χ1v) is 5.79. The molecule has 1 N–H and O–H groups in total. The van der Waals surface area contributed by atoms with Gasteiger partial charge in [0.1, 0.15) is 0 Å². The first kappa shape index (κ1) is 12.5. The Labute approximate surface area is 105 Å². The van der Waals surface area contributed by atoms with E-state index in [-0.39, 0.29) is 11.3 Å². The molecule has 0 bridgehead atoms. The van der Waals surface area contributed by atoms with Crippen molar-refractivity contribution in [3.05, 3.63) is 45.7 Å². The highest BCUT2D eigenvalue weighted by Crippen LogP contribution is 2.14. The molecular formula is C14H16N2O2. The predicted molar refractivity (Wildman–Crippen MR) is 72.2 cm³/mol. The van der Waals surface area contributed by atoms with Crippen molar-refractivity contribution in [3.8, 4) is 0 Å². The molecule has 2 aromatic rings. The van der Waals surface area contributed by atoms with Crippen molar-refractivity contribution in [1.82, 2.24) is 9.88 Å². The molecule has 1 heterocycles. The van der Waals surface area contributed by atoms with Gasteiger partial charge in [-0.3, -0.25) is 9.59 Å². The summed E-state index contributed by atoms with van der Waals surface area (Å²) < 4.78 is 0. The zero-order valence-electron chi connectivity index (χ0n) is 10.8. The topological polar surface area (TPSA) is 53.2 Å². The molecule has 0 fully saturated rings. The van der Waals surface area contributed by atoms with Gasteiger partial charge in [0.25, 0.3) is 5.56 Å². The van der Waals surface area contributed by atoms with E-state index < -0.39 is 0 Å². The van der Waals surface area contributed by atoms with Gasteiger partial charge in [-0.1, -0.05) is 0 Å². The van der Waals surface area contributed by atoms with E-state index >= 15 is 0 Å². The number of nitrogens with zero attached hydrogens (tertiary/aromatic N) is 1. The number of aryl methyl sites for hydroxylation is 1. The molecule has 18 heavy (non-hydrogen) atoms. The van der Waals surface area contributed by atoms with Crippen molar-refractivity contribution < 1.29 is 4.79 Å². The quantitative estimate of drug-likeness (QED) is 0.834. The highest BCUT2D eigenvalue weighted by atomic mass is 16.1. The van der Waals surface area contributed by atoms with Gasteiger partial charge in [-0.15, -0.1) is 0 Å². The van der Waals surface area contributed by atoms with Crippen LogP contribution in [0.1, 0.15) is 15.9 Å². The maximum absolute atomic E-state index is 11.9. The summed E-state index contributed by atoms with van der Waals surface area (Å²) in [6, 6.07) is 7.16. The van der Waals surface area contributed by atoms with E-state index in [9.17, 15) is 9.59 Å². The molecule has 0 atom stereocenters. The van der Waals surface area contributed by atoms with Crippen molar-refractivity contribution in [2.45, 2.75) is 6.92 Å². The lowest BCUT2D eigenvalue weighted by Gasteiger charge is -2.09. The number of rotatable bonds is 3. The molecule has 4 heteroatoms. The molecule has 0 spiro atoms. The van der Waals surface area contributed by atoms with E-state index in [0.717, 1.165) is 10.9 Å². The van der Waals surface area contributed by atoms with Crippen LogP contribution in [0, 0.1) is 6.92 Å². The highest BCUT2D eigenvalue weighted by Gasteiger charge is 2.08. The van der Waals surface area contributed by atoms with Gasteiger partial charge in [0.15, 0.2) is 5.78 Å². The van der Waals surface area contributed by atoms with Crippen LogP contribution in [-0.2, 0) is 0 Å². The van der Waals surface area contributed by atoms with Gasteiger partial charge in [-0.25, -0.2) is 0 Å². The third-order valence-electron chi connectivity index (χ3n) is 2.81. The first-order valence-electron chi connectivity index (χ1n) is 5.79. The summed E-state index contributed by atoms with van der Waals surface area (Å²) in [5, 5.41) is 0.886. The number of likely N-dealkylation sites (N-methyl/N-ethyl adjacent to an activating group) is 1. The molecule has 4 nitrogen and oxygen atoms in total. The molecule has 0 aliphatic carbocycles. The summed E-state index contributed by atoms with van der Waals surface area (Å²) in [5.74, 6) is 0.0748. The normalized spacial score (nSPS) is 11.1. The summed E-state index contributed by atoms with van der Waals surface area (Å²) in [6.07, 6.45) is 0. The van der Waals surface area contributed by atoms with E-state index in [1.54, 1.807) is 25.1 Å². The predicted octanol–water partition coefficient (Wildman–Crippen LogP) is 1.58. The second kappa shape index (κ2) is 4.74. The molecule has 1 aromatic carbocycles. The molecular weight excluding hydrogens is 228 g/mol. The fourth-order valence-electron chi connectivity index (χ4n) is 1.87. The van der Waals surface area contributed by atoms with Crippen LogP contribution in [0.5, 0.6) is 0 Å². The lowest BCUT2D eigenvalue weighted by Crippen LogP contribution is -2.21. The maximum Gasteiger partial charge on any atom is 0.251 e. The van der Waals surface area contributed by atoms with Gasteiger partial charge in [0.2, 0.25) is 0 Å². The Bertz CT molecular complexity index is 656. The SMILES string of the molecule is Cc1cc2cc(C(=O)CN(C)C)ccc2[nH]c1=O. The van der Waals surface area contributed by atoms with Crippen LogP contribution >= 0.6 is 0 Å². The van der Waals surface area contributed by atoms with Crippen molar-refractivity contribution >= 4 is 16.7 Å². The second-order valence-corrected chi connectivity index (χ2v) is 4.74. The monoisotopic (exact) mass is 244 g/mol. The van der Waals surface area contributed by atoms with E-state index in [1.807, 2.05) is 25.1 Å². The number of carbonyl (C=O) groups excluding carboxylic acids is 1. The summed E-state index contributed by atoms with van der Waals surface area (Å²) in [5.41, 5.74) is 1.99. The Morgan fingerprint density at radius 1 is 1.28 bits per heavy atom. The van der Waals surface area contributed by atoms with Gasteiger partial charge in [0.05, 0.1) is 6.54 Å². The smallest absolute Gasteiger partial charge is 0.251 e. The van der Waals surface area contributed by atoms with Crippen LogP contribution in [0.15, 0.2) is 29.1 Å². The van der Waals surface area contributed by atoms with E-state index in [1.165, 1.54) is 0 Å². The minimum Gasteiger partial charge on any atom is -0.322 e. The Morgan fingerprint density at radius 2 is 2.00 bits per heavy atom. The van der Waals surface area contributed by atoms with Crippen LogP contribution in [0.25, 0.3) is 10.9 Å². The molecule has 0 amide bonds. The van der Waals surface area contributed by atoms with Gasteiger partial charge < -0.3 is 9.88 Å². The van der Waals surface area contributed by atoms with Crippen molar-refractivity contribution in [1.29, 1.82) is 0 Å². The van der Waals surface area contributed by atoms with Crippen molar-refractivity contribution in [2.75, 3.05) is 20.6 Å². The maximum atomic E-state index is 11.9. The van der Waals surface area contributed by atoms with Gasteiger partial charge in [-0.05, 0) is 50.7 Å². The zero-order chi connectivity index (χ0) is 13.3. The number of aromatic nitrogens is 1. The number of nitrogens with one attached hydrogen (secondary N) is 1. The fourth-order valence-corrected chi connectivity index (χ4v) is 1.87. The molecule has 94 valence electrons. The van der Waals surface area contributed by atoms with Crippen LogP contribution in [-0.4, -0.2) is 36.3 Å². The van der Waals surface area contributed by atoms with Crippen LogP contribution in [0.3, 0.4) is 0 Å². The number of aromatic amines is 1. The first-order chi connectivity index (χ1) is 8.47. The summed E-state index contributed by atoms with van der Waals surface area (Å²) in [6.45, 7) is 2.14. The number of H-pyrrole nitrogens is 1. The second-order valence-electron chi connectivity index (χ2n) is 4.74. The zero-order valence-corrected chi connectivity index (χ0v) is 10.8. The third kappa shape index (κ3) is 2.49. The third-order valence-corrected chi connectivity index (χ3v) is 2.81. The number of fused-ring (bicyclic) bond motifs is 1. The Balaban J connectivity index is 2.47. The lowest BCUT2D eigenvalue weighted by atomic mass is 10.1. The van der Waals surface area contributed by atoms with Crippen molar-refractivity contribution in [3.63, 3.8) is 0 Å². The average molecular weight is 244 g/mol. The summed E-state index contributed by atoms with van der Waals surface area (Å²) in [4.78, 5) is 28.0.